The van der Waals surface area contributed by atoms with Crippen molar-refractivity contribution >= 4 is 17.3 Å². The minimum absolute atomic E-state index is 0.270. The van der Waals surface area contributed by atoms with Gasteiger partial charge in [-0.1, -0.05) is 6.07 Å². The highest BCUT2D eigenvalue weighted by atomic mass is 16.5. The molecule has 0 unspecified atom stereocenters. The van der Waals surface area contributed by atoms with Gasteiger partial charge in [-0.15, -0.1) is 0 Å². The lowest BCUT2D eigenvalue weighted by Crippen LogP contribution is -2.15. The van der Waals surface area contributed by atoms with Crippen LogP contribution in [0.25, 0.3) is 0 Å². The van der Waals surface area contributed by atoms with Gasteiger partial charge in [-0.2, -0.15) is 5.10 Å². The monoisotopic (exact) mass is 274 g/mol. The molecule has 0 aliphatic carbocycles. The SMILES string of the molecule is CCOc1c(N)cccc1C(=O)Nc1c(C)n[nH]c1C. The number of aromatic nitrogens is 2. The number of anilines is 2. The summed E-state index contributed by atoms with van der Waals surface area (Å²) in [5.74, 6) is 0.139. The summed E-state index contributed by atoms with van der Waals surface area (Å²) in [5.41, 5.74) is 8.93. The first-order chi connectivity index (χ1) is 9.54. The summed E-state index contributed by atoms with van der Waals surface area (Å²) in [7, 11) is 0. The van der Waals surface area contributed by atoms with E-state index >= 15 is 0 Å². The molecule has 0 aliphatic rings. The maximum atomic E-state index is 12.4. The zero-order chi connectivity index (χ0) is 14.7. The lowest BCUT2D eigenvalue weighted by Gasteiger charge is -2.12. The van der Waals surface area contributed by atoms with E-state index in [1.807, 2.05) is 20.8 Å². The Morgan fingerprint density at radius 2 is 2.20 bits per heavy atom. The molecule has 1 aromatic carbocycles. The number of hydrogen-bond donors (Lipinski definition) is 3. The zero-order valence-corrected chi connectivity index (χ0v) is 11.8. The number of H-pyrrole nitrogens is 1. The quantitative estimate of drug-likeness (QED) is 0.745. The van der Waals surface area contributed by atoms with E-state index in [9.17, 15) is 4.79 Å². The predicted octanol–water partition coefficient (Wildman–Crippen LogP) is 2.26. The highest BCUT2D eigenvalue weighted by molar-refractivity contribution is 6.07. The number of hydrogen-bond acceptors (Lipinski definition) is 4. The van der Waals surface area contributed by atoms with Crippen molar-refractivity contribution in [3.63, 3.8) is 0 Å². The van der Waals surface area contributed by atoms with Crippen LogP contribution in [0.15, 0.2) is 18.2 Å². The van der Waals surface area contributed by atoms with Gasteiger partial charge in [0.1, 0.15) is 0 Å². The number of nitrogens with two attached hydrogens (primary N) is 1. The van der Waals surface area contributed by atoms with Gasteiger partial charge in [0.2, 0.25) is 0 Å². The summed E-state index contributed by atoms with van der Waals surface area (Å²) in [6.07, 6.45) is 0. The Bertz CT molecular complexity index is 615. The molecule has 106 valence electrons. The normalized spacial score (nSPS) is 10.3. The number of nitrogen functional groups attached to an aromatic ring is 1. The van der Waals surface area contributed by atoms with Gasteiger partial charge in [-0.3, -0.25) is 9.89 Å². The van der Waals surface area contributed by atoms with Gasteiger partial charge in [0.25, 0.3) is 5.91 Å². The number of nitrogens with zero attached hydrogens (tertiary/aromatic N) is 1. The second-order valence-corrected chi connectivity index (χ2v) is 4.42. The molecule has 1 amide bonds. The summed E-state index contributed by atoms with van der Waals surface area (Å²) in [6.45, 7) is 5.96. The van der Waals surface area contributed by atoms with E-state index < -0.39 is 0 Å². The molecule has 0 saturated heterocycles. The van der Waals surface area contributed by atoms with Crippen LogP contribution < -0.4 is 15.8 Å². The lowest BCUT2D eigenvalue weighted by atomic mass is 10.1. The molecule has 0 aliphatic heterocycles. The van der Waals surface area contributed by atoms with Crippen molar-refractivity contribution in [1.29, 1.82) is 0 Å². The van der Waals surface area contributed by atoms with Crippen LogP contribution in [0.3, 0.4) is 0 Å². The second-order valence-electron chi connectivity index (χ2n) is 4.42. The van der Waals surface area contributed by atoms with Crippen LogP contribution >= 0.6 is 0 Å². The Labute approximate surface area is 117 Å². The summed E-state index contributed by atoms with van der Waals surface area (Å²) in [4.78, 5) is 12.4. The molecular formula is C14H18N4O2. The van der Waals surface area contributed by atoms with E-state index in [1.54, 1.807) is 18.2 Å². The van der Waals surface area contributed by atoms with Crippen molar-refractivity contribution < 1.29 is 9.53 Å². The molecule has 20 heavy (non-hydrogen) atoms. The van der Waals surface area contributed by atoms with Crippen LogP contribution in [-0.2, 0) is 0 Å². The molecule has 1 heterocycles. The fourth-order valence-electron chi connectivity index (χ4n) is 1.96. The molecule has 0 bridgehead atoms. The third-order valence-corrected chi connectivity index (χ3v) is 2.95. The van der Waals surface area contributed by atoms with E-state index in [0.717, 1.165) is 11.4 Å². The van der Waals surface area contributed by atoms with Crippen molar-refractivity contribution in [1.82, 2.24) is 10.2 Å². The highest BCUT2D eigenvalue weighted by Crippen LogP contribution is 2.28. The average molecular weight is 274 g/mol. The maximum absolute atomic E-state index is 12.4. The van der Waals surface area contributed by atoms with Crippen molar-refractivity contribution in [3.05, 3.63) is 35.2 Å². The number of benzene rings is 1. The number of aryl methyl sites for hydroxylation is 2. The Hall–Kier alpha value is -2.50. The van der Waals surface area contributed by atoms with E-state index in [-0.39, 0.29) is 5.91 Å². The zero-order valence-electron chi connectivity index (χ0n) is 11.8. The van der Waals surface area contributed by atoms with Crippen LogP contribution in [0.5, 0.6) is 5.75 Å². The fourth-order valence-corrected chi connectivity index (χ4v) is 1.96. The van der Waals surface area contributed by atoms with Crippen LogP contribution in [0.2, 0.25) is 0 Å². The fraction of sp³-hybridized carbons (Fsp3) is 0.286. The minimum atomic E-state index is -0.270. The van der Waals surface area contributed by atoms with E-state index in [1.165, 1.54) is 0 Å². The molecule has 0 spiro atoms. The molecule has 6 heteroatoms. The molecule has 2 rings (SSSR count). The number of carbonyl (C=O) groups is 1. The molecule has 0 fully saturated rings. The third-order valence-electron chi connectivity index (χ3n) is 2.95. The van der Waals surface area contributed by atoms with Crippen LogP contribution in [0, 0.1) is 13.8 Å². The van der Waals surface area contributed by atoms with Gasteiger partial charge in [0.05, 0.1) is 34.9 Å². The van der Waals surface area contributed by atoms with Crippen molar-refractivity contribution in [2.75, 3.05) is 17.7 Å². The summed E-state index contributed by atoms with van der Waals surface area (Å²) in [5, 5.41) is 9.70. The first-order valence-electron chi connectivity index (χ1n) is 6.38. The topological polar surface area (TPSA) is 93.0 Å². The summed E-state index contributed by atoms with van der Waals surface area (Å²) in [6, 6.07) is 5.11. The van der Waals surface area contributed by atoms with E-state index in [4.69, 9.17) is 10.5 Å². The first-order valence-corrected chi connectivity index (χ1v) is 6.38. The number of para-hydroxylation sites is 1. The average Bonchev–Trinajstić information content (AvgIpc) is 2.73. The molecule has 0 radical (unpaired) electrons. The summed E-state index contributed by atoms with van der Waals surface area (Å²) < 4.78 is 5.46. The van der Waals surface area contributed by atoms with Gasteiger partial charge >= 0.3 is 0 Å². The Morgan fingerprint density at radius 1 is 1.45 bits per heavy atom. The summed E-state index contributed by atoms with van der Waals surface area (Å²) >= 11 is 0. The van der Waals surface area contributed by atoms with Gasteiger partial charge in [-0.25, -0.2) is 0 Å². The highest BCUT2D eigenvalue weighted by Gasteiger charge is 2.17. The Morgan fingerprint density at radius 3 is 2.80 bits per heavy atom. The predicted molar refractivity (Wildman–Crippen MR) is 78.0 cm³/mol. The molecule has 2 aromatic rings. The first kappa shape index (κ1) is 13.9. The number of carbonyl (C=O) groups excluding carboxylic acids is 1. The molecular weight excluding hydrogens is 256 g/mol. The molecule has 4 N–H and O–H groups in total. The standard InChI is InChI=1S/C14H18N4O2/c1-4-20-13-10(6-5-7-11(13)15)14(19)16-12-8(2)17-18-9(12)3/h5-7H,4,15H2,1-3H3,(H,16,19)(H,17,18). The number of nitrogens with one attached hydrogen (secondary N) is 2. The Balaban J connectivity index is 2.32. The van der Waals surface area contributed by atoms with Crippen LogP contribution in [0.4, 0.5) is 11.4 Å². The van der Waals surface area contributed by atoms with Crippen molar-refractivity contribution in [3.8, 4) is 5.75 Å². The second kappa shape index (κ2) is 5.64. The van der Waals surface area contributed by atoms with Crippen LogP contribution in [-0.4, -0.2) is 22.7 Å². The van der Waals surface area contributed by atoms with Crippen molar-refractivity contribution in [2.45, 2.75) is 20.8 Å². The number of aromatic amines is 1. The smallest absolute Gasteiger partial charge is 0.259 e. The molecule has 0 atom stereocenters. The van der Waals surface area contributed by atoms with Gasteiger partial charge < -0.3 is 15.8 Å². The van der Waals surface area contributed by atoms with Crippen LogP contribution in [0.1, 0.15) is 28.7 Å². The van der Waals surface area contributed by atoms with E-state index in [2.05, 4.69) is 15.5 Å². The Kier molecular flexibility index (Phi) is 3.93. The number of rotatable bonds is 4. The maximum Gasteiger partial charge on any atom is 0.259 e. The van der Waals surface area contributed by atoms with Gasteiger partial charge in [-0.05, 0) is 32.9 Å². The molecule has 0 saturated carbocycles. The molecule has 6 nitrogen and oxygen atoms in total. The number of ether oxygens (including phenoxy) is 1. The van der Waals surface area contributed by atoms with Crippen molar-refractivity contribution in [2.24, 2.45) is 0 Å². The third kappa shape index (κ3) is 2.59. The van der Waals surface area contributed by atoms with Gasteiger partial charge in [0.15, 0.2) is 5.75 Å². The van der Waals surface area contributed by atoms with E-state index in [0.29, 0.717) is 29.3 Å². The van der Waals surface area contributed by atoms with Gasteiger partial charge in [0, 0.05) is 0 Å². The number of amides is 1. The lowest BCUT2D eigenvalue weighted by molar-refractivity contribution is 0.102. The largest absolute Gasteiger partial charge is 0.491 e. The molecule has 1 aromatic heterocycles. The minimum Gasteiger partial charge on any atom is -0.491 e.